The minimum Gasteiger partial charge on any atom is -0.493 e. The van der Waals surface area contributed by atoms with Crippen molar-refractivity contribution in [2.45, 2.75) is 6.92 Å². The summed E-state index contributed by atoms with van der Waals surface area (Å²) in [5.74, 6) is 0.0272. The third-order valence-corrected chi connectivity index (χ3v) is 2.27. The highest BCUT2D eigenvalue weighted by molar-refractivity contribution is 6.35. The Labute approximate surface area is 80.8 Å². The highest BCUT2D eigenvalue weighted by Gasteiger charge is 2.04. The maximum absolute atomic E-state index is 9.42. The van der Waals surface area contributed by atoms with Gasteiger partial charge in [-0.15, -0.1) is 0 Å². The summed E-state index contributed by atoms with van der Waals surface area (Å²) in [5, 5.41) is 11.5. The van der Waals surface area contributed by atoms with Crippen molar-refractivity contribution in [2.24, 2.45) is 0 Å². The van der Waals surface area contributed by atoms with E-state index in [4.69, 9.17) is 11.6 Å². The third-order valence-electron chi connectivity index (χ3n) is 1.97. The van der Waals surface area contributed by atoms with Crippen LogP contribution in [0.1, 0.15) is 5.56 Å². The van der Waals surface area contributed by atoms with Crippen molar-refractivity contribution in [3.05, 3.63) is 35.0 Å². The van der Waals surface area contributed by atoms with Crippen LogP contribution in [0, 0.1) is 6.92 Å². The molecule has 2 nitrogen and oxygen atoms in total. The molecule has 3 heteroatoms. The number of nitrogens with zero attached hydrogens (tertiary/aromatic N) is 1. The van der Waals surface area contributed by atoms with E-state index in [2.05, 4.69) is 4.98 Å². The third kappa shape index (κ3) is 1.33. The quantitative estimate of drug-likeness (QED) is 0.698. The van der Waals surface area contributed by atoms with Crippen molar-refractivity contribution in [2.75, 3.05) is 0 Å². The number of fused-ring (bicyclic) bond motifs is 1. The maximum atomic E-state index is 9.42. The number of benzene rings is 1. The largest absolute Gasteiger partial charge is 0.493 e. The van der Waals surface area contributed by atoms with Crippen molar-refractivity contribution < 1.29 is 5.11 Å². The average molecular weight is 194 g/mol. The zero-order valence-corrected chi connectivity index (χ0v) is 7.84. The van der Waals surface area contributed by atoms with Gasteiger partial charge in [0.15, 0.2) is 0 Å². The van der Waals surface area contributed by atoms with Gasteiger partial charge in [-0.3, -0.25) is 0 Å². The van der Waals surface area contributed by atoms with E-state index in [0.717, 1.165) is 10.9 Å². The molecule has 0 aliphatic rings. The van der Waals surface area contributed by atoms with Crippen LogP contribution < -0.4 is 0 Å². The van der Waals surface area contributed by atoms with Crippen LogP contribution in [-0.4, -0.2) is 10.1 Å². The SMILES string of the molecule is Cc1ccc2c(O)ncc(Cl)c2c1. The zero-order valence-electron chi connectivity index (χ0n) is 7.08. The Bertz CT molecular complexity index is 468. The molecule has 0 amide bonds. The van der Waals surface area contributed by atoms with Crippen molar-refractivity contribution in [3.8, 4) is 5.88 Å². The van der Waals surface area contributed by atoms with Gasteiger partial charge in [0, 0.05) is 10.8 Å². The number of rotatable bonds is 0. The fourth-order valence-electron chi connectivity index (χ4n) is 1.31. The molecule has 13 heavy (non-hydrogen) atoms. The molecule has 0 fully saturated rings. The number of aromatic hydroxyl groups is 1. The van der Waals surface area contributed by atoms with Gasteiger partial charge in [-0.1, -0.05) is 23.2 Å². The Morgan fingerprint density at radius 1 is 1.31 bits per heavy atom. The predicted octanol–water partition coefficient (Wildman–Crippen LogP) is 2.90. The van der Waals surface area contributed by atoms with Crippen molar-refractivity contribution >= 4 is 22.4 Å². The Balaban J connectivity index is 2.92. The molecule has 0 radical (unpaired) electrons. The van der Waals surface area contributed by atoms with Crippen molar-refractivity contribution in [1.29, 1.82) is 0 Å². The van der Waals surface area contributed by atoms with E-state index in [1.807, 2.05) is 25.1 Å². The zero-order chi connectivity index (χ0) is 9.42. The van der Waals surface area contributed by atoms with Crippen molar-refractivity contribution in [3.63, 3.8) is 0 Å². The summed E-state index contributed by atoms with van der Waals surface area (Å²) in [6, 6.07) is 5.66. The molecule has 1 aromatic heterocycles. The van der Waals surface area contributed by atoms with E-state index < -0.39 is 0 Å². The van der Waals surface area contributed by atoms with Gasteiger partial charge in [0.05, 0.1) is 11.2 Å². The molecule has 1 N–H and O–H groups in total. The lowest BCUT2D eigenvalue weighted by molar-refractivity contribution is 0.460. The molecule has 2 rings (SSSR count). The number of aromatic nitrogens is 1. The van der Waals surface area contributed by atoms with E-state index in [0.29, 0.717) is 10.4 Å². The smallest absolute Gasteiger partial charge is 0.218 e. The molecule has 1 aromatic carbocycles. The van der Waals surface area contributed by atoms with Gasteiger partial charge in [-0.2, -0.15) is 0 Å². The number of hydrogen-bond acceptors (Lipinski definition) is 2. The van der Waals surface area contributed by atoms with Gasteiger partial charge in [0.1, 0.15) is 0 Å². The normalized spacial score (nSPS) is 10.6. The van der Waals surface area contributed by atoms with Gasteiger partial charge >= 0.3 is 0 Å². The van der Waals surface area contributed by atoms with Gasteiger partial charge in [-0.25, -0.2) is 4.98 Å². The molecule has 2 aromatic rings. The second kappa shape index (κ2) is 2.89. The molecular formula is C10H8ClNO. The summed E-state index contributed by atoms with van der Waals surface area (Å²) in [6.45, 7) is 1.98. The first-order chi connectivity index (χ1) is 6.18. The topological polar surface area (TPSA) is 33.1 Å². The Morgan fingerprint density at radius 2 is 2.08 bits per heavy atom. The minimum atomic E-state index is 0.0272. The minimum absolute atomic E-state index is 0.0272. The number of pyridine rings is 1. The molecule has 0 saturated heterocycles. The van der Waals surface area contributed by atoms with E-state index in [-0.39, 0.29) is 5.88 Å². The molecule has 0 aliphatic carbocycles. The Kier molecular flexibility index (Phi) is 1.85. The molecule has 1 heterocycles. The van der Waals surface area contributed by atoms with Gasteiger partial charge in [0.25, 0.3) is 0 Å². The van der Waals surface area contributed by atoms with Crippen LogP contribution in [0.3, 0.4) is 0 Å². The summed E-state index contributed by atoms with van der Waals surface area (Å²) >= 11 is 5.93. The van der Waals surface area contributed by atoms with Crippen LogP contribution >= 0.6 is 11.6 Å². The molecule has 0 bridgehead atoms. The first kappa shape index (κ1) is 8.32. The van der Waals surface area contributed by atoms with Gasteiger partial charge < -0.3 is 5.11 Å². The molecule has 0 atom stereocenters. The van der Waals surface area contributed by atoms with Crippen LogP contribution in [-0.2, 0) is 0 Å². The highest BCUT2D eigenvalue weighted by Crippen LogP contribution is 2.28. The molecule has 66 valence electrons. The predicted molar refractivity (Wildman–Crippen MR) is 53.2 cm³/mol. The molecule has 0 unspecified atom stereocenters. The summed E-state index contributed by atoms with van der Waals surface area (Å²) < 4.78 is 0. The van der Waals surface area contributed by atoms with Crippen molar-refractivity contribution in [1.82, 2.24) is 4.98 Å². The average Bonchev–Trinajstić information content (AvgIpc) is 2.12. The van der Waals surface area contributed by atoms with E-state index in [9.17, 15) is 5.11 Å². The molecule has 0 saturated carbocycles. The second-order valence-electron chi connectivity index (χ2n) is 2.98. The van der Waals surface area contributed by atoms with Crippen LogP contribution in [0.5, 0.6) is 5.88 Å². The summed E-state index contributed by atoms with van der Waals surface area (Å²) in [5.41, 5.74) is 1.11. The standard InChI is InChI=1S/C10H8ClNO/c1-6-2-3-7-8(4-6)9(11)5-12-10(7)13/h2-5H,1H3,(H,12,13). The fourth-order valence-corrected chi connectivity index (χ4v) is 1.51. The van der Waals surface area contributed by atoms with Gasteiger partial charge in [-0.05, 0) is 19.1 Å². The summed E-state index contributed by atoms with van der Waals surface area (Å²) in [4.78, 5) is 3.76. The maximum Gasteiger partial charge on any atom is 0.218 e. The van der Waals surface area contributed by atoms with Crippen LogP contribution in [0.2, 0.25) is 5.02 Å². The number of aryl methyl sites for hydroxylation is 1. The Morgan fingerprint density at radius 3 is 2.85 bits per heavy atom. The van der Waals surface area contributed by atoms with E-state index in [1.165, 1.54) is 6.20 Å². The highest BCUT2D eigenvalue weighted by atomic mass is 35.5. The first-order valence-corrected chi connectivity index (χ1v) is 4.30. The first-order valence-electron chi connectivity index (χ1n) is 3.92. The van der Waals surface area contributed by atoms with E-state index >= 15 is 0 Å². The molecular weight excluding hydrogens is 186 g/mol. The monoisotopic (exact) mass is 193 g/mol. The van der Waals surface area contributed by atoms with Crippen LogP contribution in [0.4, 0.5) is 0 Å². The molecule has 0 aliphatic heterocycles. The fraction of sp³-hybridized carbons (Fsp3) is 0.100. The van der Waals surface area contributed by atoms with Crippen LogP contribution in [0.15, 0.2) is 24.4 Å². The summed E-state index contributed by atoms with van der Waals surface area (Å²) in [6.07, 6.45) is 1.46. The summed E-state index contributed by atoms with van der Waals surface area (Å²) in [7, 11) is 0. The molecule has 0 spiro atoms. The lowest BCUT2D eigenvalue weighted by atomic mass is 10.1. The van der Waals surface area contributed by atoms with Crippen LogP contribution in [0.25, 0.3) is 10.8 Å². The lowest BCUT2D eigenvalue weighted by Crippen LogP contribution is -1.81. The lowest BCUT2D eigenvalue weighted by Gasteiger charge is -2.02. The number of hydrogen-bond donors (Lipinski definition) is 1. The number of halogens is 1. The van der Waals surface area contributed by atoms with Gasteiger partial charge in [0.2, 0.25) is 5.88 Å². The van der Waals surface area contributed by atoms with E-state index in [1.54, 1.807) is 0 Å². The Hall–Kier alpha value is -1.28. The second-order valence-corrected chi connectivity index (χ2v) is 3.39.